The molecule has 1 saturated heterocycles. The highest BCUT2D eigenvalue weighted by Crippen LogP contribution is 2.25. The van der Waals surface area contributed by atoms with E-state index in [-0.39, 0.29) is 11.7 Å². The summed E-state index contributed by atoms with van der Waals surface area (Å²) in [5, 5.41) is 0. The van der Waals surface area contributed by atoms with Crippen LogP contribution in [-0.2, 0) is 0 Å². The van der Waals surface area contributed by atoms with Crippen LogP contribution >= 0.6 is 0 Å². The summed E-state index contributed by atoms with van der Waals surface area (Å²) in [7, 11) is 2.13. The minimum absolute atomic E-state index is 0.117. The number of amides is 1. The van der Waals surface area contributed by atoms with E-state index in [1.807, 2.05) is 42.5 Å². The lowest BCUT2D eigenvalue weighted by molar-refractivity contribution is 0.100. The van der Waals surface area contributed by atoms with Crippen molar-refractivity contribution in [3.8, 4) is 11.1 Å². The second kappa shape index (κ2) is 9.24. The van der Waals surface area contributed by atoms with Gasteiger partial charge in [-0.15, -0.1) is 0 Å². The lowest BCUT2D eigenvalue weighted by atomic mass is 10.0. The summed E-state index contributed by atoms with van der Waals surface area (Å²) in [6.07, 6.45) is 0. The van der Waals surface area contributed by atoms with E-state index >= 15 is 0 Å². The Kier molecular flexibility index (Phi) is 6.23. The van der Waals surface area contributed by atoms with Gasteiger partial charge in [0, 0.05) is 48.7 Å². The van der Waals surface area contributed by atoms with Crippen LogP contribution < -0.4 is 16.4 Å². The summed E-state index contributed by atoms with van der Waals surface area (Å²) in [6, 6.07) is 21.4. The number of amidine groups is 1. The van der Waals surface area contributed by atoms with Crippen molar-refractivity contribution in [2.75, 3.05) is 43.9 Å². The van der Waals surface area contributed by atoms with Gasteiger partial charge in [-0.05, 0) is 61.5 Å². The minimum Gasteiger partial charge on any atom is -0.398 e. The molecule has 1 heterocycles. The van der Waals surface area contributed by atoms with Crippen LogP contribution in [0.1, 0.15) is 21.5 Å². The van der Waals surface area contributed by atoms with Crippen molar-refractivity contribution in [1.29, 1.82) is 0 Å². The Morgan fingerprint density at radius 3 is 2.25 bits per heavy atom. The topological polar surface area (TPSA) is 88.0 Å². The third-order valence-corrected chi connectivity index (χ3v) is 5.88. The fourth-order valence-corrected chi connectivity index (χ4v) is 3.91. The van der Waals surface area contributed by atoms with E-state index in [4.69, 9.17) is 11.5 Å². The molecule has 1 aliphatic rings. The number of anilines is 2. The molecular formula is C26H29N5O. The quantitative estimate of drug-likeness (QED) is 0.378. The predicted octanol–water partition coefficient (Wildman–Crippen LogP) is 3.54. The van der Waals surface area contributed by atoms with Crippen LogP contribution in [0.5, 0.6) is 0 Å². The zero-order valence-electron chi connectivity index (χ0n) is 18.6. The molecule has 3 aromatic carbocycles. The standard InChI is InChI=1S/C26H29N5O/c1-18-4-3-5-20(16-18)21-8-11-23(24(27)17-21)25(28)29-26(32)19-6-9-22(10-7-19)31-14-12-30(2)13-15-31/h3-11,16-17H,12-15,27H2,1-2H3,(H2,28,29,32). The van der Waals surface area contributed by atoms with Gasteiger partial charge in [0.1, 0.15) is 5.84 Å². The van der Waals surface area contributed by atoms with Gasteiger partial charge in [-0.1, -0.05) is 35.9 Å². The first-order valence-electron chi connectivity index (χ1n) is 10.8. The van der Waals surface area contributed by atoms with Gasteiger partial charge in [0.25, 0.3) is 5.91 Å². The normalized spacial score (nSPS) is 15.1. The largest absolute Gasteiger partial charge is 0.398 e. The Labute approximate surface area is 189 Å². The average Bonchev–Trinajstić information content (AvgIpc) is 2.79. The van der Waals surface area contributed by atoms with Gasteiger partial charge < -0.3 is 21.3 Å². The Morgan fingerprint density at radius 1 is 0.906 bits per heavy atom. The number of piperazine rings is 1. The number of carbonyl (C=O) groups is 1. The first-order valence-corrected chi connectivity index (χ1v) is 10.8. The maximum absolute atomic E-state index is 12.7. The van der Waals surface area contributed by atoms with Crippen LogP contribution in [0, 0.1) is 6.92 Å². The average molecular weight is 428 g/mol. The smallest absolute Gasteiger partial charge is 0.278 e. The number of aliphatic imine (C=N–C) groups is 1. The molecule has 3 aromatic rings. The number of carbonyl (C=O) groups excluding carboxylic acids is 1. The molecular weight excluding hydrogens is 398 g/mol. The maximum Gasteiger partial charge on any atom is 0.278 e. The summed E-state index contributed by atoms with van der Waals surface area (Å²) in [5.41, 5.74) is 18.3. The van der Waals surface area contributed by atoms with Crippen molar-refractivity contribution >= 4 is 23.1 Å². The van der Waals surface area contributed by atoms with E-state index in [0.717, 1.165) is 43.0 Å². The molecule has 6 heteroatoms. The highest BCUT2D eigenvalue weighted by atomic mass is 16.1. The molecule has 4 N–H and O–H groups in total. The molecule has 164 valence electrons. The third-order valence-electron chi connectivity index (χ3n) is 5.88. The molecule has 1 aliphatic heterocycles. The van der Waals surface area contributed by atoms with E-state index in [1.165, 1.54) is 5.56 Å². The summed E-state index contributed by atoms with van der Waals surface area (Å²) < 4.78 is 0. The monoisotopic (exact) mass is 427 g/mol. The van der Waals surface area contributed by atoms with Crippen LogP contribution in [0.25, 0.3) is 11.1 Å². The van der Waals surface area contributed by atoms with Crippen molar-refractivity contribution in [2.24, 2.45) is 10.7 Å². The molecule has 1 fully saturated rings. The van der Waals surface area contributed by atoms with Crippen molar-refractivity contribution < 1.29 is 4.79 Å². The van der Waals surface area contributed by atoms with Crippen molar-refractivity contribution in [1.82, 2.24) is 4.90 Å². The summed E-state index contributed by atoms with van der Waals surface area (Å²) in [5.74, 6) is -0.263. The number of rotatable bonds is 4. The Balaban J connectivity index is 1.49. The van der Waals surface area contributed by atoms with Gasteiger partial charge in [-0.25, -0.2) is 0 Å². The van der Waals surface area contributed by atoms with E-state index in [2.05, 4.69) is 40.9 Å². The van der Waals surface area contributed by atoms with Crippen LogP contribution in [-0.4, -0.2) is 49.9 Å². The Bertz CT molecular complexity index is 1150. The Hall–Kier alpha value is -3.64. The highest BCUT2D eigenvalue weighted by Gasteiger charge is 2.15. The zero-order chi connectivity index (χ0) is 22.7. The van der Waals surface area contributed by atoms with E-state index in [1.54, 1.807) is 12.1 Å². The van der Waals surface area contributed by atoms with Gasteiger partial charge in [0.15, 0.2) is 0 Å². The van der Waals surface area contributed by atoms with Gasteiger partial charge in [-0.2, -0.15) is 4.99 Å². The molecule has 0 bridgehead atoms. The molecule has 0 saturated carbocycles. The van der Waals surface area contributed by atoms with Crippen molar-refractivity contribution in [3.05, 3.63) is 83.4 Å². The van der Waals surface area contributed by atoms with Gasteiger partial charge in [0.05, 0.1) is 0 Å². The number of hydrogen-bond donors (Lipinski definition) is 2. The SMILES string of the molecule is Cc1cccc(-c2ccc(C(N)=NC(=O)c3ccc(N4CCN(C)CC4)cc3)c(N)c2)c1. The number of hydrogen-bond acceptors (Lipinski definition) is 4. The zero-order valence-corrected chi connectivity index (χ0v) is 18.6. The first-order chi connectivity index (χ1) is 15.4. The van der Waals surface area contributed by atoms with E-state index in [0.29, 0.717) is 16.8 Å². The van der Waals surface area contributed by atoms with E-state index in [9.17, 15) is 4.79 Å². The molecule has 0 spiro atoms. The molecule has 0 aromatic heterocycles. The number of benzene rings is 3. The molecule has 1 amide bonds. The Morgan fingerprint density at radius 2 is 1.59 bits per heavy atom. The van der Waals surface area contributed by atoms with Crippen LogP contribution in [0.4, 0.5) is 11.4 Å². The second-order valence-electron chi connectivity index (χ2n) is 8.31. The molecule has 0 aliphatic carbocycles. The lowest BCUT2D eigenvalue weighted by Crippen LogP contribution is -2.44. The molecule has 6 nitrogen and oxygen atoms in total. The van der Waals surface area contributed by atoms with Crippen molar-refractivity contribution in [3.63, 3.8) is 0 Å². The lowest BCUT2D eigenvalue weighted by Gasteiger charge is -2.34. The number of nitrogens with zero attached hydrogens (tertiary/aromatic N) is 3. The summed E-state index contributed by atoms with van der Waals surface area (Å²) >= 11 is 0. The summed E-state index contributed by atoms with van der Waals surface area (Å²) in [4.78, 5) is 21.4. The van der Waals surface area contributed by atoms with Crippen LogP contribution in [0.3, 0.4) is 0 Å². The number of nitrogen functional groups attached to an aromatic ring is 1. The summed E-state index contributed by atoms with van der Waals surface area (Å²) in [6.45, 7) is 6.08. The number of nitrogens with two attached hydrogens (primary N) is 2. The fourth-order valence-electron chi connectivity index (χ4n) is 3.91. The first kappa shape index (κ1) is 21.6. The molecule has 0 radical (unpaired) electrons. The van der Waals surface area contributed by atoms with Gasteiger partial charge >= 0.3 is 0 Å². The van der Waals surface area contributed by atoms with E-state index < -0.39 is 0 Å². The van der Waals surface area contributed by atoms with Crippen LogP contribution in [0.15, 0.2) is 71.7 Å². The molecule has 32 heavy (non-hydrogen) atoms. The maximum atomic E-state index is 12.7. The third kappa shape index (κ3) is 4.81. The molecule has 0 unspecified atom stereocenters. The number of likely N-dealkylation sites (N-methyl/N-ethyl adjacent to an activating group) is 1. The number of aryl methyl sites for hydroxylation is 1. The minimum atomic E-state index is -0.380. The molecule has 0 atom stereocenters. The van der Waals surface area contributed by atoms with Gasteiger partial charge in [-0.3, -0.25) is 4.79 Å². The predicted molar refractivity (Wildman–Crippen MR) is 132 cm³/mol. The second-order valence-corrected chi connectivity index (χ2v) is 8.31. The van der Waals surface area contributed by atoms with Gasteiger partial charge in [0.2, 0.25) is 0 Å². The molecule has 4 rings (SSSR count). The van der Waals surface area contributed by atoms with Crippen LogP contribution in [0.2, 0.25) is 0 Å². The van der Waals surface area contributed by atoms with Crippen molar-refractivity contribution in [2.45, 2.75) is 6.92 Å². The highest BCUT2D eigenvalue weighted by molar-refractivity contribution is 6.11. The fraction of sp³-hybridized carbons (Fsp3) is 0.231.